The van der Waals surface area contributed by atoms with Crippen molar-refractivity contribution in [1.29, 1.82) is 0 Å². The number of Topliss-reactive ketones (excluding diaryl/α,β-unsaturated/α-hetero) is 1. The van der Waals surface area contributed by atoms with Crippen molar-refractivity contribution in [3.63, 3.8) is 0 Å². The van der Waals surface area contributed by atoms with Crippen LogP contribution >= 0.6 is 11.6 Å². The zero-order valence-electron chi connectivity index (χ0n) is 16.1. The summed E-state index contributed by atoms with van der Waals surface area (Å²) >= 11 is 6.31. The molecule has 2 heterocycles. The molecule has 0 unspecified atom stereocenters. The van der Waals surface area contributed by atoms with Gasteiger partial charge in [0, 0.05) is 37.0 Å². The molecule has 1 N–H and O–H groups in total. The van der Waals surface area contributed by atoms with E-state index in [0.29, 0.717) is 65.2 Å². The number of carbonyl (C=O) groups is 2. The number of fused-ring (bicyclic) bond motifs is 2. The Morgan fingerprint density at radius 1 is 1.14 bits per heavy atom. The lowest BCUT2D eigenvalue weighted by Crippen LogP contribution is -2.26. The molecule has 0 bridgehead atoms. The summed E-state index contributed by atoms with van der Waals surface area (Å²) in [6.45, 7) is 6.86. The smallest absolute Gasteiger partial charge is 0.291 e. The lowest BCUT2D eigenvalue weighted by molar-refractivity contribution is 0.0898. The second-order valence-electron chi connectivity index (χ2n) is 8.08. The van der Waals surface area contributed by atoms with Gasteiger partial charge in [0.15, 0.2) is 23.0 Å². The van der Waals surface area contributed by atoms with Gasteiger partial charge >= 0.3 is 0 Å². The Morgan fingerprint density at radius 3 is 2.54 bits per heavy atom. The van der Waals surface area contributed by atoms with Gasteiger partial charge in [-0.25, -0.2) is 0 Å². The quantitative estimate of drug-likeness (QED) is 0.778. The van der Waals surface area contributed by atoms with Gasteiger partial charge in [0.25, 0.3) is 5.91 Å². The highest BCUT2D eigenvalue weighted by Crippen LogP contribution is 2.40. The van der Waals surface area contributed by atoms with Gasteiger partial charge in [-0.3, -0.25) is 9.59 Å². The van der Waals surface area contributed by atoms with Crippen molar-refractivity contribution in [3.05, 3.63) is 39.8 Å². The first-order chi connectivity index (χ1) is 13.2. The summed E-state index contributed by atoms with van der Waals surface area (Å²) in [4.78, 5) is 25.4. The number of benzene rings is 1. The van der Waals surface area contributed by atoms with E-state index in [1.54, 1.807) is 19.1 Å². The van der Waals surface area contributed by atoms with Crippen LogP contribution in [-0.2, 0) is 6.42 Å². The van der Waals surface area contributed by atoms with Crippen molar-refractivity contribution < 1.29 is 23.5 Å². The summed E-state index contributed by atoms with van der Waals surface area (Å²) in [5.74, 6) is 1.37. The molecular formula is C21H22ClNO5. The van der Waals surface area contributed by atoms with Crippen LogP contribution in [0.25, 0.3) is 0 Å². The number of furan rings is 1. The van der Waals surface area contributed by atoms with Crippen molar-refractivity contribution in [2.75, 3.05) is 18.5 Å². The van der Waals surface area contributed by atoms with E-state index in [1.807, 2.05) is 13.8 Å². The Bertz CT molecular complexity index is 976. The molecule has 148 valence electrons. The molecule has 6 nitrogen and oxygen atoms in total. The third-order valence-electron chi connectivity index (χ3n) is 5.07. The number of ketones is 1. The van der Waals surface area contributed by atoms with Crippen molar-refractivity contribution in [3.8, 4) is 11.5 Å². The van der Waals surface area contributed by atoms with Crippen LogP contribution in [0.4, 0.5) is 5.69 Å². The Labute approximate surface area is 168 Å². The molecule has 1 amide bonds. The molecular weight excluding hydrogens is 382 g/mol. The van der Waals surface area contributed by atoms with Gasteiger partial charge in [-0.05, 0) is 12.3 Å². The number of anilines is 1. The highest BCUT2D eigenvalue weighted by Gasteiger charge is 2.37. The zero-order valence-corrected chi connectivity index (χ0v) is 16.9. The van der Waals surface area contributed by atoms with Crippen molar-refractivity contribution in [2.45, 2.75) is 40.0 Å². The van der Waals surface area contributed by atoms with Crippen LogP contribution in [0.5, 0.6) is 11.5 Å². The lowest BCUT2D eigenvalue weighted by atomic mass is 9.76. The third-order valence-corrected chi connectivity index (χ3v) is 5.38. The maximum atomic E-state index is 12.9. The van der Waals surface area contributed by atoms with Crippen LogP contribution in [0.1, 0.15) is 58.9 Å². The van der Waals surface area contributed by atoms with E-state index in [2.05, 4.69) is 5.32 Å². The summed E-state index contributed by atoms with van der Waals surface area (Å²) < 4.78 is 17.1. The molecule has 2 aliphatic rings. The van der Waals surface area contributed by atoms with Gasteiger partial charge in [0.05, 0.1) is 29.5 Å². The third kappa shape index (κ3) is 3.37. The molecule has 0 spiro atoms. The molecule has 1 aromatic heterocycles. The molecule has 1 aliphatic carbocycles. The Balaban J connectivity index is 1.64. The molecule has 1 aromatic carbocycles. The van der Waals surface area contributed by atoms with E-state index in [1.165, 1.54) is 0 Å². The van der Waals surface area contributed by atoms with Gasteiger partial charge in [-0.15, -0.1) is 0 Å². The average molecular weight is 404 g/mol. The first-order valence-corrected chi connectivity index (χ1v) is 9.69. The minimum Gasteiger partial charge on any atom is -0.490 e. The minimum absolute atomic E-state index is 0.0140. The van der Waals surface area contributed by atoms with Crippen molar-refractivity contribution in [1.82, 2.24) is 0 Å². The second kappa shape index (κ2) is 6.85. The van der Waals surface area contributed by atoms with Crippen LogP contribution in [0.3, 0.4) is 0 Å². The van der Waals surface area contributed by atoms with Gasteiger partial charge in [-0.1, -0.05) is 25.4 Å². The Morgan fingerprint density at radius 2 is 1.82 bits per heavy atom. The second-order valence-corrected chi connectivity index (χ2v) is 8.49. The molecule has 1 aliphatic heterocycles. The predicted molar refractivity (Wildman–Crippen MR) is 105 cm³/mol. The molecule has 28 heavy (non-hydrogen) atoms. The maximum absolute atomic E-state index is 12.9. The Kier molecular flexibility index (Phi) is 4.62. The number of halogens is 1. The minimum atomic E-state index is -0.450. The first kappa shape index (κ1) is 18.9. The van der Waals surface area contributed by atoms with Crippen LogP contribution in [-0.4, -0.2) is 24.9 Å². The van der Waals surface area contributed by atoms with E-state index in [4.69, 9.17) is 25.5 Å². The van der Waals surface area contributed by atoms with E-state index in [9.17, 15) is 9.59 Å². The van der Waals surface area contributed by atoms with Gasteiger partial charge in [0.2, 0.25) is 0 Å². The summed E-state index contributed by atoms with van der Waals surface area (Å²) in [6, 6.07) is 3.28. The normalized spacial score (nSPS) is 17.6. The SMILES string of the molecule is Cc1c(C(=O)Nc2cc3c(cc2Cl)OCCCO3)oc2c1C(=O)CC(C)(C)C2. The summed E-state index contributed by atoms with van der Waals surface area (Å²) in [5.41, 5.74) is 1.32. The van der Waals surface area contributed by atoms with E-state index in [0.717, 1.165) is 6.42 Å². The fourth-order valence-corrected chi connectivity index (χ4v) is 3.96. The van der Waals surface area contributed by atoms with Crippen LogP contribution in [0.2, 0.25) is 5.02 Å². The highest BCUT2D eigenvalue weighted by atomic mass is 35.5. The topological polar surface area (TPSA) is 77.8 Å². The average Bonchev–Trinajstić information content (AvgIpc) is 2.77. The van der Waals surface area contributed by atoms with E-state index in [-0.39, 0.29) is 17.0 Å². The number of hydrogen-bond acceptors (Lipinski definition) is 5. The zero-order chi connectivity index (χ0) is 20.1. The summed E-state index contributed by atoms with van der Waals surface area (Å²) in [5, 5.41) is 3.11. The maximum Gasteiger partial charge on any atom is 0.291 e. The van der Waals surface area contributed by atoms with E-state index < -0.39 is 5.91 Å². The number of carbonyl (C=O) groups excluding carboxylic acids is 2. The largest absolute Gasteiger partial charge is 0.490 e. The molecule has 0 atom stereocenters. The predicted octanol–water partition coefficient (Wildman–Crippen LogP) is 4.81. The molecule has 2 aromatic rings. The first-order valence-electron chi connectivity index (χ1n) is 9.31. The van der Waals surface area contributed by atoms with Crippen LogP contribution in [0.15, 0.2) is 16.5 Å². The number of nitrogens with one attached hydrogen (secondary N) is 1. The molecule has 0 saturated heterocycles. The number of ether oxygens (including phenoxy) is 2. The van der Waals surface area contributed by atoms with Gasteiger partial charge in [-0.2, -0.15) is 0 Å². The monoisotopic (exact) mass is 403 g/mol. The fraction of sp³-hybridized carbons (Fsp3) is 0.429. The van der Waals surface area contributed by atoms with Crippen molar-refractivity contribution in [2.24, 2.45) is 5.41 Å². The van der Waals surface area contributed by atoms with Crippen LogP contribution in [0, 0.1) is 12.3 Å². The number of amides is 1. The lowest BCUT2D eigenvalue weighted by Gasteiger charge is -2.27. The fourth-order valence-electron chi connectivity index (χ4n) is 3.76. The van der Waals surface area contributed by atoms with Crippen LogP contribution < -0.4 is 14.8 Å². The Hall–Kier alpha value is -2.47. The highest BCUT2D eigenvalue weighted by molar-refractivity contribution is 6.34. The van der Waals surface area contributed by atoms with Gasteiger partial charge in [0.1, 0.15) is 5.76 Å². The molecule has 4 rings (SSSR count). The number of hydrogen-bond donors (Lipinski definition) is 1. The molecule has 7 heteroatoms. The molecule has 0 radical (unpaired) electrons. The summed E-state index contributed by atoms with van der Waals surface area (Å²) in [7, 11) is 0. The van der Waals surface area contributed by atoms with E-state index >= 15 is 0 Å². The van der Waals surface area contributed by atoms with Crippen molar-refractivity contribution >= 4 is 29.0 Å². The number of rotatable bonds is 2. The summed E-state index contributed by atoms with van der Waals surface area (Å²) in [6.07, 6.45) is 1.83. The molecule has 0 saturated carbocycles. The molecule has 0 fully saturated rings. The van der Waals surface area contributed by atoms with Gasteiger partial charge < -0.3 is 19.2 Å². The standard InChI is InChI=1S/C21H22ClNO5/c1-11-18-14(24)9-21(2,3)10-17(18)28-19(11)20(25)23-13-8-16-15(7-12(13)22)26-5-4-6-27-16/h7-8H,4-6,9-10H2,1-3H3,(H,23,25).